The van der Waals surface area contributed by atoms with Crippen molar-refractivity contribution < 1.29 is 33.3 Å². The molecular formula is C29H28FNO6. The largest absolute Gasteiger partial charge is 0.507 e. The third-order valence-electron chi connectivity index (χ3n) is 6.15. The molecular weight excluding hydrogens is 477 g/mol. The Hall–Kier alpha value is -4.33. The number of ketones is 1. The lowest BCUT2D eigenvalue weighted by atomic mass is 9.94. The number of hydrogen-bond acceptors (Lipinski definition) is 6. The summed E-state index contributed by atoms with van der Waals surface area (Å²) in [6.45, 7) is 5.96. The van der Waals surface area contributed by atoms with E-state index in [9.17, 15) is 19.1 Å². The van der Waals surface area contributed by atoms with Gasteiger partial charge in [-0.3, -0.25) is 14.5 Å². The van der Waals surface area contributed by atoms with Crippen LogP contribution in [0.1, 0.15) is 35.2 Å². The van der Waals surface area contributed by atoms with Gasteiger partial charge in [-0.05, 0) is 79.9 Å². The molecule has 4 rings (SSSR count). The summed E-state index contributed by atoms with van der Waals surface area (Å²) in [5.74, 6) is -1.86. The van der Waals surface area contributed by atoms with E-state index in [1.165, 1.54) is 31.3 Å². The molecule has 1 saturated heterocycles. The summed E-state index contributed by atoms with van der Waals surface area (Å²) in [5.41, 5.74) is 2.55. The number of anilines is 1. The van der Waals surface area contributed by atoms with Gasteiger partial charge in [0.2, 0.25) is 0 Å². The fourth-order valence-corrected chi connectivity index (χ4v) is 4.65. The van der Waals surface area contributed by atoms with E-state index < -0.39 is 29.3 Å². The van der Waals surface area contributed by atoms with Gasteiger partial charge in [-0.25, -0.2) is 4.39 Å². The molecule has 8 heteroatoms. The van der Waals surface area contributed by atoms with Gasteiger partial charge in [0.1, 0.15) is 17.3 Å². The topological polar surface area (TPSA) is 85.3 Å². The van der Waals surface area contributed by atoms with Crippen LogP contribution >= 0.6 is 0 Å². The maximum atomic E-state index is 14.2. The third-order valence-corrected chi connectivity index (χ3v) is 6.15. The summed E-state index contributed by atoms with van der Waals surface area (Å²) in [7, 11) is 2.88. The Labute approximate surface area is 214 Å². The number of halogens is 1. The molecule has 3 aromatic carbocycles. The van der Waals surface area contributed by atoms with Crippen LogP contribution in [0.5, 0.6) is 17.2 Å². The number of aliphatic hydroxyl groups excluding tert-OH is 1. The third kappa shape index (κ3) is 4.74. The molecule has 0 bridgehead atoms. The molecule has 192 valence electrons. The number of benzene rings is 3. The number of aliphatic hydroxyl groups is 1. The SMILES string of the molecule is CCOc1cc(C2/C(=C(\O)c3cc(F)ccc3OC)C(=O)C(=O)N2c2cc(C)cc(C)c2)ccc1OC. The standard InChI is InChI=1S/C29H28FNO6/c1-6-37-24-14-18(7-9-23(24)36-5)26-25(27(32)21-15-19(30)8-10-22(21)35-4)28(33)29(34)31(26)20-12-16(2)11-17(3)13-20/h7-15,26,32H,6H2,1-5H3/b27-25+. The molecule has 1 aliphatic heterocycles. The lowest BCUT2D eigenvalue weighted by Crippen LogP contribution is -2.29. The maximum Gasteiger partial charge on any atom is 0.300 e. The van der Waals surface area contributed by atoms with Crippen molar-refractivity contribution in [2.24, 2.45) is 0 Å². The summed E-state index contributed by atoms with van der Waals surface area (Å²) in [6.07, 6.45) is 0. The minimum atomic E-state index is -1.03. The maximum absolute atomic E-state index is 14.2. The number of Topliss-reactive ketones (excluding diaryl/α,β-unsaturated/α-hetero) is 1. The molecule has 0 saturated carbocycles. The van der Waals surface area contributed by atoms with Crippen LogP contribution in [0.4, 0.5) is 10.1 Å². The van der Waals surface area contributed by atoms with Crippen molar-refractivity contribution in [3.05, 3.63) is 88.2 Å². The number of nitrogens with zero attached hydrogens (tertiary/aromatic N) is 1. The van der Waals surface area contributed by atoms with Crippen LogP contribution in [0.15, 0.2) is 60.2 Å². The second-order valence-corrected chi connectivity index (χ2v) is 8.70. The molecule has 37 heavy (non-hydrogen) atoms. The zero-order valence-electron chi connectivity index (χ0n) is 21.3. The highest BCUT2D eigenvalue weighted by Gasteiger charge is 2.47. The fraction of sp³-hybridized carbons (Fsp3) is 0.241. The highest BCUT2D eigenvalue weighted by molar-refractivity contribution is 6.51. The number of ether oxygens (including phenoxy) is 3. The average molecular weight is 506 g/mol. The Morgan fingerprint density at radius 3 is 2.19 bits per heavy atom. The monoisotopic (exact) mass is 505 g/mol. The average Bonchev–Trinajstić information content (AvgIpc) is 3.13. The summed E-state index contributed by atoms with van der Waals surface area (Å²) >= 11 is 0. The van der Waals surface area contributed by atoms with E-state index in [4.69, 9.17) is 14.2 Å². The molecule has 0 radical (unpaired) electrons. The van der Waals surface area contributed by atoms with Gasteiger partial charge in [0.05, 0.1) is 38.0 Å². The molecule has 1 unspecified atom stereocenters. The summed E-state index contributed by atoms with van der Waals surface area (Å²) in [5, 5.41) is 11.4. The number of carbonyl (C=O) groups is 2. The molecule has 1 amide bonds. The Morgan fingerprint density at radius 1 is 0.919 bits per heavy atom. The molecule has 0 aromatic heterocycles. The fourth-order valence-electron chi connectivity index (χ4n) is 4.65. The Bertz CT molecular complexity index is 1390. The lowest BCUT2D eigenvalue weighted by molar-refractivity contribution is -0.132. The summed E-state index contributed by atoms with van der Waals surface area (Å²) < 4.78 is 30.6. The van der Waals surface area contributed by atoms with E-state index in [2.05, 4.69) is 0 Å². The van der Waals surface area contributed by atoms with Gasteiger partial charge in [-0.15, -0.1) is 0 Å². The normalized spacial score (nSPS) is 16.7. The van der Waals surface area contributed by atoms with Crippen LogP contribution in [-0.4, -0.2) is 37.6 Å². The van der Waals surface area contributed by atoms with E-state index in [0.29, 0.717) is 29.4 Å². The molecule has 1 aliphatic rings. The van der Waals surface area contributed by atoms with Crippen molar-refractivity contribution in [1.29, 1.82) is 0 Å². The highest BCUT2D eigenvalue weighted by Crippen LogP contribution is 2.45. The van der Waals surface area contributed by atoms with Crippen LogP contribution < -0.4 is 19.1 Å². The van der Waals surface area contributed by atoms with Crippen LogP contribution in [0.2, 0.25) is 0 Å². The Kier molecular flexibility index (Phi) is 7.20. The first kappa shape index (κ1) is 25.8. The predicted molar refractivity (Wildman–Crippen MR) is 138 cm³/mol. The highest BCUT2D eigenvalue weighted by atomic mass is 19.1. The van der Waals surface area contributed by atoms with Crippen molar-refractivity contribution in [1.82, 2.24) is 0 Å². The number of hydrogen-bond donors (Lipinski definition) is 1. The van der Waals surface area contributed by atoms with E-state index in [0.717, 1.165) is 17.2 Å². The van der Waals surface area contributed by atoms with E-state index in [1.54, 1.807) is 30.3 Å². The predicted octanol–water partition coefficient (Wildman–Crippen LogP) is 5.48. The van der Waals surface area contributed by atoms with Crippen LogP contribution in [0, 0.1) is 19.7 Å². The molecule has 1 fully saturated rings. The molecule has 0 aliphatic carbocycles. The van der Waals surface area contributed by atoms with Gasteiger partial charge in [-0.2, -0.15) is 0 Å². The first-order valence-electron chi connectivity index (χ1n) is 11.7. The van der Waals surface area contributed by atoms with E-state index in [-0.39, 0.29) is 16.9 Å². The molecule has 0 spiro atoms. The number of rotatable bonds is 7. The second-order valence-electron chi connectivity index (χ2n) is 8.70. The first-order chi connectivity index (χ1) is 17.7. The first-order valence-corrected chi connectivity index (χ1v) is 11.7. The van der Waals surface area contributed by atoms with Crippen LogP contribution in [0.25, 0.3) is 5.76 Å². The Morgan fingerprint density at radius 2 is 1.57 bits per heavy atom. The number of amides is 1. The van der Waals surface area contributed by atoms with Gasteiger partial charge in [0.25, 0.3) is 11.7 Å². The van der Waals surface area contributed by atoms with Gasteiger partial charge < -0.3 is 19.3 Å². The minimum absolute atomic E-state index is 0.0375. The van der Waals surface area contributed by atoms with Crippen molar-refractivity contribution in [3.63, 3.8) is 0 Å². The summed E-state index contributed by atoms with van der Waals surface area (Å²) in [4.78, 5) is 28.3. The smallest absolute Gasteiger partial charge is 0.300 e. The number of carbonyl (C=O) groups excluding carboxylic acids is 2. The van der Waals surface area contributed by atoms with Gasteiger partial charge in [0, 0.05) is 5.69 Å². The number of aryl methyl sites for hydroxylation is 2. The zero-order chi connectivity index (χ0) is 26.9. The van der Waals surface area contributed by atoms with Crippen molar-refractivity contribution in [2.75, 3.05) is 25.7 Å². The molecule has 1 atom stereocenters. The van der Waals surface area contributed by atoms with Crippen molar-refractivity contribution in [2.45, 2.75) is 26.8 Å². The molecule has 1 heterocycles. The van der Waals surface area contributed by atoms with Crippen LogP contribution in [0.3, 0.4) is 0 Å². The van der Waals surface area contributed by atoms with Crippen molar-refractivity contribution >= 4 is 23.1 Å². The van der Waals surface area contributed by atoms with Crippen LogP contribution in [-0.2, 0) is 9.59 Å². The van der Waals surface area contributed by atoms with Gasteiger partial charge in [0.15, 0.2) is 11.5 Å². The zero-order valence-corrected chi connectivity index (χ0v) is 21.3. The summed E-state index contributed by atoms with van der Waals surface area (Å²) in [6, 6.07) is 13.1. The van der Waals surface area contributed by atoms with E-state index >= 15 is 0 Å². The minimum Gasteiger partial charge on any atom is -0.507 e. The number of methoxy groups -OCH3 is 2. The Balaban J connectivity index is 2.03. The second kappa shape index (κ2) is 10.3. The van der Waals surface area contributed by atoms with Gasteiger partial charge >= 0.3 is 0 Å². The van der Waals surface area contributed by atoms with E-state index in [1.807, 2.05) is 26.8 Å². The molecule has 3 aromatic rings. The van der Waals surface area contributed by atoms with Gasteiger partial charge in [-0.1, -0.05) is 12.1 Å². The van der Waals surface area contributed by atoms with Crippen molar-refractivity contribution in [3.8, 4) is 17.2 Å². The quantitative estimate of drug-likeness (QED) is 0.260. The molecule has 7 nitrogen and oxygen atoms in total. The molecule has 1 N–H and O–H groups in total. The lowest BCUT2D eigenvalue weighted by Gasteiger charge is -2.27.